The zero-order valence-electron chi connectivity index (χ0n) is 15.0. The number of nitrogens with zero attached hydrogens (tertiary/aromatic N) is 4. The first-order valence-electron chi connectivity index (χ1n) is 9.08. The van der Waals surface area contributed by atoms with Crippen molar-refractivity contribution in [2.45, 2.75) is 0 Å². The van der Waals surface area contributed by atoms with E-state index < -0.39 is 0 Å². The highest BCUT2D eigenvalue weighted by atomic mass is 32.1. The molecule has 3 aromatic heterocycles. The first-order chi connectivity index (χ1) is 13.8. The van der Waals surface area contributed by atoms with Gasteiger partial charge in [0.2, 0.25) is 0 Å². The summed E-state index contributed by atoms with van der Waals surface area (Å²) in [4.78, 5) is 16.6. The van der Waals surface area contributed by atoms with Gasteiger partial charge in [-0.05, 0) is 47.8 Å². The van der Waals surface area contributed by atoms with Crippen molar-refractivity contribution >= 4 is 28.2 Å². The van der Waals surface area contributed by atoms with Gasteiger partial charge >= 0.3 is 0 Å². The number of hydrogen-bond donors (Lipinski definition) is 0. The summed E-state index contributed by atoms with van der Waals surface area (Å²) in [6.07, 6.45) is 0. The van der Waals surface area contributed by atoms with Crippen LogP contribution >= 0.6 is 11.3 Å². The summed E-state index contributed by atoms with van der Waals surface area (Å²) in [5.74, 6) is 1.26. The van der Waals surface area contributed by atoms with E-state index in [1.807, 2.05) is 29.0 Å². The van der Waals surface area contributed by atoms with E-state index in [-0.39, 0.29) is 5.82 Å². The third-order valence-corrected chi connectivity index (χ3v) is 5.44. The predicted octanol–water partition coefficient (Wildman–Crippen LogP) is 4.40. The highest BCUT2D eigenvalue weighted by Crippen LogP contribution is 2.30. The fourth-order valence-electron chi connectivity index (χ4n) is 3.30. The van der Waals surface area contributed by atoms with Crippen molar-refractivity contribution in [3.8, 4) is 22.6 Å². The number of anilines is 1. The van der Waals surface area contributed by atoms with E-state index in [1.165, 1.54) is 12.1 Å². The highest BCUT2D eigenvalue weighted by Gasteiger charge is 2.19. The molecule has 4 aromatic rings. The van der Waals surface area contributed by atoms with E-state index in [0.717, 1.165) is 46.8 Å². The van der Waals surface area contributed by atoms with Crippen LogP contribution in [0.1, 0.15) is 0 Å². The molecule has 4 heterocycles. The fourth-order valence-corrected chi connectivity index (χ4v) is 3.93. The number of hydrogen-bond acceptors (Lipinski definition) is 6. The Morgan fingerprint density at radius 2 is 1.71 bits per heavy atom. The molecular formula is C21H17FN4OS. The van der Waals surface area contributed by atoms with Crippen LogP contribution in [0.25, 0.3) is 33.7 Å². The van der Waals surface area contributed by atoms with Gasteiger partial charge in [-0.25, -0.2) is 19.3 Å². The lowest BCUT2D eigenvalue weighted by Crippen LogP contribution is -2.37. The van der Waals surface area contributed by atoms with Gasteiger partial charge in [-0.2, -0.15) is 11.3 Å². The molecular weight excluding hydrogens is 375 g/mol. The molecule has 0 radical (unpaired) electrons. The average molecular weight is 392 g/mol. The predicted molar refractivity (Wildman–Crippen MR) is 109 cm³/mol. The van der Waals surface area contributed by atoms with Crippen molar-refractivity contribution in [1.82, 2.24) is 15.0 Å². The van der Waals surface area contributed by atoms with E-state index in [0.29, 0.717) is 19.0 Å². The molecule has 0 saturated carbocycles. The number of thiophene rings is 1. The number of aromatic nitrogens is 3. The molecule has 0 atom stereocenters. The number of benzene rings is 1. The second kappa shape index (κ2) is 7.26. The maximum absolute atomic E-state index is 13.3. The summed E-state index contributed by atoms with van der Waals surface area (Å²) in [5, 5.41) is 4.07. The van der Waals surface area contributed by atoms with Crippen molar-refractivity contribution in [3.05, 3.63) is 59.0 Å². The Labute approximate surface area is 165 Å². The zero-order chi connectivity index (χ0) is 18.9. The van der Waals surface area contributed by atoms with E-state index >= 15 is 0 Å². The van der Waals surface area contributed by atoms with Gasteiger partial charge in [0.15, 0.2) is 11.6 Å². The molecule has 5 nitrogen and oxygen atoms in total. The van der Waals surface area contributed by atoms with Gasteiger partial charge in [-0.1, -0.05) is 0 Å². The largest absolute Gasteiger partial charge is 0.378 e. The van der Waals surface area contributed by atoms with Gasteiger partial charge in [0, 0.05) is 29.6 Å². The van der Waals surface area contributed by atoms with Crippen molar-refractivity contribution in [3.63, 3.8) is 0 Å². The maximum atomic E-state index is 13.3. The molecule has 0 amide bonds. The molecule has 1 aliphatic heterocycles. The van der Waals surface area contributed by atoms with Crippen LogP contribution in [0.3, 0.4) is 0 Å². The average Bonchev–Trinajstić information content (AvgIpc) is 3.29. The number of rotatable bonds is 3. The summed E-state index contributed by atoms with van der Waals surface area (Å²) in [5.41, 5.74) is 4.18. The molecule has 1 fully saturated rings. The monoisotopic (exact) mass is 392 g/mol. The molecule has 0 N–H and O–H groups in total. The Kier molecular flexibility index (Phi) is 4.46. The van der Waals surface area contributed by atoms with Gasteiger partial charge in [0.1, 0.15) is 11.3 Å². The van der Waals surface area contributed by atoms with Crippen LogP contribution in [-0.2, 0) is 4.74 Å². The minimum Gasteiger partial charge on any atom is -0.378 e. The molecule has 0 aliphatic carbocycles. The van der Waals surface area contributed by atoms with Crippen LogP contribution in [0.15, 0.2) is 53.2 Å². The van der Waals surface area contributed by atoms with Gasteiger partial charge in [-0.15, -0.1) is 0 Å². The molecule has 0 unspecified atom stereocenters. The Morgan fingerprint density at radius 3 is 2.46 bits per heavy atom. The normalized spacial score (nSPS) is 14.5. The molecule has 1 aromatic carbocycles. The SMILES string of the molecule is Fc1ccc(-c2ccc3nc(-c4ccsc4)nc(N4CCOCC4)c3n2)cc1. The van der Waals surface area contributed by atoms with Gasteiger partial charge < -0.3 is 9.64 Å². The maximum Gasteiger partial charge on any atom is 0.163 e. The molecule has 7 heteroatoms. The minimum atomic E-state index is -0.262. The standard InChI is InChI=1S/C21H17FN4OS/c22-16-3-1-14(2-4-16)17-5-6-18-19(23-17)21(26-8-10-27-11-9-26)25-20(24-18)15-7-12-28-13-15/h1-7,12-13H,8-11H2. The van der Waals surface area contributed by atoms with E-state index in [2.05, 4.69) is 4.90 Å². The van der Waals surface area contributed by atoms with Crippen LogP contribution in [0.2, 0.25) is 0 Å². The van der Waals surface area contributed by atoms with Gasteiger partial charge in [0.25, 0.3) is 0 Å². The Balaban J connectivity index is 1.68. The molecule has 1 aliphatic rings. The van der Waals surface area contributed by atoms with E-state index in [9.17, 15) is 4.39 Å². The van der Waals surface area contributed by atoms with Gasteiger partial charge in [-0.3, -0.25) is 0 Å². The molecule has 0 bridgehead atoms. The Bertz CT molecular complexity index is 1110. The minimum absolute atomic E-state index is 0.262. The number of morpholine rings is 1. The zero-order valence-corrected chi connectivity index (χ0v) is 15.8. The molecule has 0 spiro atoms. The summed E-state index contributed by atoms with van der Waals surface area (Å²) in [6.45, 7) is 2.85. The number of fused-ring (bicyclic) bond motifs is 1. The quantitative estimate of drug-likeness (QED) is 0.517. The second-order valence-electron chi connectivity index (χ2n) is 6.55. The highest BCUT2D eigenvalue weighted by molar-refractivity contribution is 7.08. The fraction of sp³-hybridized carbons (Fsp3) is 0.190. The van der Waals surface area contributed by atoms with E-state index in [4.69, 9.17) is 19.7 Å². The number of pyridine rings is 1. The van der Waals surface area contributed by atoms with E-state index in [1.54, 1.807) is 23.5 Å². The number of halogens is 1. The van der Waals surface area contributed by atoms with Crippen LogP contribution in [-0.4, -0.2) is 41.3 Å². The van der Waals surface area contributed by atoms with Crippen LogP contribution in [0.4, 0.5) is 10.2 Å². The van der Waals surface area contributed by atoms with Crippen LogP contribution < -0.4 is 4.90 Å². The molecule has 28 heavy (non-hydrogen) atoms. The lowest BCUT2D eigenvalue weighted by Gasteiger charge is -2.28. The van der Waals surface area contributed by atoms with Crippen molar-refractivity contribution < 1.29 is 9.13 Å². The van der Waals surface area contributed by atoms with Gasteiger partial charge in [0.05, 0.1) is 24.4 Å². The smallest absolute Gasteiger partial charge is 0.163 e. The summed E-state index contributed by atoms with van der Waals surface area (Å²) < 4.78 is 18.8. The first kappa shape index (κ1) is 17.2. The lowest BCUT2D eigenvalue weighted by atomic mass is 10.1. The second-order valence-corrected chi connectivity index (χ2v) is 7.33. The summed E-state index contributed by atoms with van der Waals surface area (Å²) in [7, 11) is 0. The number of ether oxygens (including phenoxy) is 1. The topological polar surface area (TPSA) is 51.1 Å². The first-order valence-corrected chi connectivity index (χ1v) is 10.0. The Hall–Kier alpha value is -2.90. The summed E-state index contributed by atoms with van der Waals surface area (Å²) in [6, 6.07) is 12.3. The van der Waals surface area contributed by atoms with Crippen LogP contribution in [0, 0.1) is 5.82 Å². The third-order valence-electron chi connectivity index (χ3n) is 4.75. The molecule has 1 saturated heterocycles. The lowest BCUT2D eigenvalue weighted by molar-refractivity contribution is 0.122. The third kappa shape index (κ3) is 3.23. The molecule has 5 rings (SSSR count). The molecule has 140 valence electrons. The Morgan fingerprint density at radius 1 is 0.893 bits per heavy atom. The van der Waals surface area contributed by atoms with Crippen molar-refractivity contribution in [1.29, 1.82) is 0 Å². The van der Waals surface area contributed by atoms with Crippen molar-refractivity contribution in [2.24, 2.45) is 0 Å². The van der Waals surface area contributed by atoms with Crippen LogP contribution in [0.5, 0.6) is 0 Å². The summed E-state index contributed by atoms with van der Waals surface area (Å²) >= 11 is 1.62. The van der Waals surface area contributed by atoms with Crippen molar-refractivity contribution in [2.75, 3.05) is 31.2 Å².